The van der Waals surface area contributed by atoms with E-state index in [1.165, 1.54) is 0 Å². The van der Waals surface area contributed by atoms with E-state index in [1.807, 2.05) is 43.3 Å². The van der Waals surface area contributed by atoms with Gasteiger partial charge < -0.3 is 10.4 Å². The van der Waals surface area contributed by atoms with Crippen LogP contribution in [-0.4, -0.2) is 21.7 Å². The molecular formula is C14H15N3O. The molecule has 0 bridgehead atoms. The number of hydrogen-bond donors (Lipinski definition) is 2. The number of benzene rings is 1. The molecule has 0 amide bonds. The summed E-state index contributed by atoms with van der Waals surface area (Å²) in [5.74, 6) is 0.554. The first-order chi connectivity index (χ1) is 8.78. The van der Waals surface area contributed by atoms with E-state index in [2.05, 4.69) is 15.3 Å². The first kappa shape index (κ1) is 12.3. The van der Waals surface area contributed by atoms with Crippen LogP contribution in [0.3, 0.4) is 0 Å². The first-order valence-electron chi connectivity index (χ1n) is 5.73. The molecule has 18 heavy (non-hydrogen) atoms. The van der Waals surface area contributed by atoms with Crippen LogP contribution < -0.4 is 5.32 Å². The quantitative estimate of drug-likeness (QED) is 0.863. The minimum atomic E-state index is 0.00446. The van der Waals surface area contributed by atoms with Gasteiger partial charge in [-0.3, -0.25) is 0 Å². The third-order valence-electron chi connectivity index (χ3n) is 2.30. The molecule has 1 heterocycles. The highest BCUT2D eigenvalue weighted by Crippen LogP contribution is 2.13. The van der Waals surface area contributed by atoms with E-state index < -0.39 is 0 Å². The van der Waals surface area contributed by atoms with Crippen molar-refractivity contribution in [2.24, 2.45) is 0 Å². The maximum Gasteiger partial charge on any atom is 0.227 e. The zero-order chi connectivity index (χ0) is 12.8. The number of aryl methyl sites for hydroxylation is 1. The highest BCUT2D eigenvalue weighted by atomic mass is 16.2. The van der Waals surface area contributed by atoms with Crippen LogP contribution >= 0.6 is 0 Å². The monoisotopic (exact) mass is 241 g/mol. The van der Waals surface area contributed by atoms with Gasteiger partial charge in [-0.15, -0.1) is 0 Å². The van der Waals surface area contributed by atoms with E-state index in [-0.39, 0.29) is 6.61 Å². The second-order valence-corrected chi connectivity index (χ2v) is 3.83. The van der Waals surface area contributed by atoms with Gasteiger partial charge in [-0.1, -0.05) is 24.3 Å². The average Bonchev–Trinajstić information content (AvgIpc) is 2.37. The zero-order valence-electron chi connectivity index (χ0n) is 10.2. The van der Waals surface area contributed by atoms with Crippen molar-refractivity contribution in [2.45, 2.75) is 6.92 Å². The molecule has 92 valence electrons. The lowest BCUT2D eigenvalue weighted by atomic mass is 10.3. The summed E-state index contributed by atoms with van der Waals surface area (Å²) in [5.41, 5.74) is 2.59. The summed E-state index contributed by atoms with van der Waals surface area (Å²) >= 11 is 0. The standard InChI is InChI=1S/C14H15N3O/c1-11-10-13(8-5-9-18)17-14(15-11)16-12-6-3-2-4-7-12/h2-8,10,18H,9H2,1H3,(H,15,16,17)/b8-5+. The molecule has 0 saturated heterocycles. The maximum atomic E-state index is 8.76. The Bertz CT molecular complexity index is 538. The predicted octanol–water partition coefficient (Wildman–Crippen LogP) is 2.53. The number of aliphatic hydroxyl groups is 1. The van der Waals surface area contributed by atoms with Gasteiger partial charge >= 0.3 is 0 Å². The van der Waals surface area contributed by atoms with Gasteiger partial charge in [-0.2, -0.15) is 0 Å². The van der Waals surface area contributed by atoms with Crippen molar-refractivity contribution in [3.05, 3.63) is 53.9 Å². The fraction of sp³-hybridized carbons (Fsp3) is 0.143. The van der Waals surface area contributed by atoms with Crippen LogP contribution in [0, 0.1) is 6.92 Å². The number of nitrogens with zero attached hydrogens (tertiary/aromatic N) is 2. The maximum absolute atomic E-state index is 8.76. The van der Waals surface area contributed by atoms with E-state index in [4.69, 9.17) is 5.11 Å². The molecule has 0 aliphatic rings. The summed E-state index contributed by atoms with van der Waals surface area (Å²) < 4.78 is 0. The van der Waals surface area contributed by atoms with Gasteiger partial charge in [-0.05, 0) is 31.2 Å². The Morgan fingerprint density at radius 1 is 1.22 bits per heavy atom. The molecule has 2 rings (SSSR count). The van der Waals surface area contributed by atoms with Crippen LogP contribution in [-0.2, 0) is 0 Å². The van der Waals surface area contributed by atoms with Crippen LogP contribution in [0.5, 0.6) is 0 Å². The third-order valence-corrected chi connectivity index (χ3v) is 2.30. The van der Waals surface area contributed by atoms with Crippen molar-refractivity contribution in [1.29, 1.82) is 0 Å². The Kier molecular flexibility index (Phi) is 4.04. The fourth-order valence-corrected chi connectivity index (χ4v) is 1.56. The van der Waals surface area contributed by atoms with E-state index in [9.17, 15) is 0 Å². The smallest absolute Gasteiger partial charge is 0.227 e. The summed E-state index contributed by atoms with van der Waals surface area (Å²) in [6.45, 7) is 1.92. The second-order valence-electron chi connectivity index (χ2n) is 3.83. The number of nitrogens with one attached hydrogen (secondary N) is 1. The lowest BCUT2D eigenvalue weighted by Gasteiger charge is -2.06. The molecule has 1 aromatic heterocycles. The zero-order valence-corrected chi connectivity index (χ0v) is 10.2. The Hall–Kier alpha value is -2.20. The van der Waals surface area contributed by atoms with Crippen molar-refractivity contribution in [3.8, 4) is 0 Å². The van der Waals surface area contributed by atoms with E-state index in [1.54, 1.807) is 12.2 Å². The lowest BCUT2D eigenvalue weighted by Crippen LogP contribution is -1.99. The van der Waals surface area contributed by atoms with Crippen LogP contribution in [0.25, 0.3) is 6.08 Å². The van der Waals surface area contributed by atoms with Crippen LogP contribution in [0.2, 0.25) is 0 Å². The van der Waals surface area contributed by atoms with E-state index >= 15 is 0 Å². The van der Waals surface area contributed by atoms with Crippen LogP contribution in [0.15, 0.2) is 42.5 Å². The number of aliphatic hydroxyl groups excluding tert-OH is 1. The van der Waals surface area contributed by atoms with Gasteiger partial charge in [0.25, 0.3) is 0 Å². The topological polar surface area (TPSA) is 58.0 Å². The van der Waals surface area contributed by atoms with E-state index in [0.717, 1.165) is 17.1 Å². The number of aromatic nitrogens is 2. The van der Waals surface area contributed by atoms with Gasteiger partial charge in [0.1, 0.15) is 0 Å². The third kappa shape index (κ3) is 3.40. The summed E-state index contributed by atoms with van der Waals surface area (Å²) in [6.07, 6.45) is 3.42. The summed E-state index contributed by atoms with van der Waals surface area (Å²) in [5, 5.41) is 11.9. The molecule has 2 aromatic rings. The molecule has 0 radical (unpaired) electrons. The molecule has 0 aliphatic carbocycles. The number of anilines is 2. The average molecular weight is 241 g/mol. The molecule has 0 unspecified atom stereocenters. The number of para-hydroxylation sites is 1. The lowest BCUT2D eigenvalue weighted by molar-refractivity contribution is 0.343. The Morgan fingerprint density at radius 2 is 2.00 bits per heavy atom. The summed E-state index contributed by atoms with van der Waals surface area (Å²) in [4.78, 5) is 8.66. The predicted molar refractivity (Wildman–Crippen MR) is 72.6 cm³/mol. The van der Waals surface area contributed by atoms with Gasteiger partial charge in [0.15, 0.2) is 0 Å². The molecule has 0 saturated carbocycles. The molecule has 1 aromatic carbocycles. The summed E-state index contributed by atoms with van der Waals surface area (Å²) in [7, 11) is 0. The van der Waals surface area contributed by atoms with E-state index in [0.29, 0.717) is 5.95 Å². The molecule has 0 aliphatic heterocycles. The molecule has 4 nitrogen and oxygen atoms in total. The van der Waals surface area contributed by atoms with Gasteiger partial charge in [0, 0.05) is 11.4 Å². The molecule has 0 fully saturated rings. The van der Waals surface area contributed by atoms with Crippen molar-refractivity contribution >= 4 is 17.7 Å². The largest absolute Gasteiger partial charge is 0.392 e. The van der Waals surface area contributed by atoms with Crippen molar-refractivity contribution in [1.82, 2.24) is 9.97 Å². The molecular weight excluding hydrogens is 226 g/mol. The fourth-order valence-electron chi connectivity index (χ4n) is 1.56. The normalized spacial score (nSPS) is 10.8. The van der Waals surface area contributed by atoms with Crippen molar-refractivity contribution in [3.63, 3.8) is 0 Å². The number of hydrogen-bond acceptors (Lipinski definition) is 4. The van der Waals surface area contributed by atoms with Crippen LogP contribution in [0.1, 0.15) is 11.4 Å². The van der Waals surface area contributed by atoms with Gasteiger partial charge in [0.05, 0.1) is 12.3 Å². The first-order valence-corrected chi connectivity index (χ1v) is 5.73. The van der Waals surface area contributed by atoms with Crippen molar-refractivity contribution < 1.29 is 5.11 Å². The highest BCUT2D eigenvalue weighted by molar-refractivity contribution is 5.55. The molecule has 4 heteroatoms. The van der Waals surface area contributed by atoms with Crippen molar-refractivity contribution in [2.75, 3.05) is 11.9 Å². The second kappa shape index (κ2) is 5.93. The minimum Gasteiger partial charge on any atom is -0.392 e. The minimum absolute atomic E-state index is 0.00446. The Morgan fingerprint density at radius 3 is 2.72 bits per heavy atom. The number of rotatable bonds is 4. The molecule has 0 atom stereocenters. The summed E-state index contributed by atoms with van der Waals surface area (Å²) in [6, 6.07) is 11.6. The Balaban J connectivity index is 2.23. The molecule has 2 N–H and O–H groups in total. The van der Waals surface area contributed by atoms with Crippen LogP contribution in [0.4, 0.5) is 11.6 Å². The Labute approximate surface area is 106 Å². The highest BCUT2D eigenvalue weighted by Gasteiger charge is 2.00. The molecule has 0 spiro atoms. The van der Waals surface area contributed by atoms with Gasteiger partial charge in [-0.25, -0.2) is 9.97 Å². The van der Waals surface area contributed by atoms with Gasteiger partial charge in [0.2, 0.25) is 5.95 Å². The SMILES string of the molecule is Cc1cc(/C=C/CO)nc(Nc2ccccc2)n1.